The van der Waals surface area contributed by atoms with E-state index in [1.165, 1.54) is 0 Å². The van der Waals surface area contributed by atoms with Gasteiger partial charge in [-0.05, 0) is 18.2 Å². The molecule has 6 nitrogen and oxygen atoms in total. The van der Waals surface area contributed by atoms with Crippen molar-refractivity contribution in [2.24, 2.45) is 0 Å². The average molecular weight is 365 g/mol. The van der Waals surface area contributed by atoms with Crippen LogP contribution in [-0.4, -0.2) is 33.8 Å². The van der Waals surface area contributed by atoms with Crippen molar-refractivity contribution >= 4 is 28.9 Å². The predicted molar refractivity (Wildman–Crippen MR) is 99.3 cm³/mol. The number of hydrogen-bond donors (Lipinski definition) is 2. The zero-order valence-corrected chi connectivity index (χ0v) is 15.1. The molecule has 0 saturated heterocycles. The number of carbonyl (C=O) groups is 1. The van der Waals surface area contributed by atoms with Crippen molar-refractivity contribution in [1.82, 2.24) is 0 Å². The second-order valence-electron chi connectivity index (χ2n) is 5.15. The van der Waals surface area contributed by atoms with Crippen molar-refractivity contribution in [2.75, 3.05) is 38.5 Å². The van der Waals surface area contributed by atoms with Crippen molar-refractivity contribution in [2.45, 2.75) is 6.42 Å². The third-order valence-electron chi connectivity index (χ3n) is 3.45. The summed E-state index contributed by atoms with van der Waals surface area (Å²) in [6.45, 7) is 0.449. The molecule has 2 rings (SSSR count). The Labute approximate surface area is 152 Å². The first kappa shape index (κ1) is 18.7. The van der Waals surface area contributed by atoms with Crippen LogP contribution in [0, 0.1) is 0 Å². The summed E-state index contributed by atoms with van der Waals surface area (Å²) in [5.41, 5.74) is 1.44. The van der Waals surface area contributed by atoms with Gasteiger partial charge in [-0.3, -0.25) is 4.79 Å². The summed E-state index contributed by atoms with van der Waals surface area (Å²) in [5.74, 6) is 1.51. The Kier molecular flexibility index (Phi) is 6.77. The Morgan fingerprint density at radius 2 is 1.68 bits per heavy atom. The molecule has 0 saturated carbocycles. The molecule has 0 aliphatic carbocycles. The number of nitrogens with one attached hydrogen (secondary N) is 2. The molecule has 2 N–H and O–H groups in total. The number of halogens is 1. The Hall–Kier alpha value is -2.60. The van der Waals surface area contributed by atoms with Gasteiger partial charge in [0.25, 0.3) is 0 Å². The van der Waals surface area contributed by atoms with E-state index in [1.54, 1.807) is 57.7 Å². The van der Waals surface area contributed by atoms with E-state index < -0.39 is 0 Å². The summed E-state index contributed by atoms with van der Waals surface area (Å²) in [4.78, 5) is 12.0. The Bertz CT molecular complexity index is 712. The van der Waals surface area contributed by atoms with Crippen molar-refractivity contribution in [3.8, 4) is 17.2 Å². The van der Waals surface area contributed by atoms with Gasteiger partial charge in [-0.2, -0.15) is 0 Å². The largest absolute Gasteiger partial charge is 0.493 e. The highest BCUT2D eigenvalue weighted by atomic mass is 35.5. The zero-order valence-electron chi connectivity index (χ0n) is 14.4. The second-order valence-corrected chi connectivity index (χ2v) is 5.59. The molecule has 0 spiro atoms. The lowest BCUT2D eigenvalue weighted by Crippen LogP contribution is -2.16. The van der Waals surface area contributed by atoms with E-state index >= 15 is 0 Å². The number of rotatable bonds is 8. The Morgan fingerprint density at radius 3 is 2.24 bits per heavy atom. The molecule has 0 atom stereocenters. The van der Waals surface area contributed by atoms with E-state index in [0.717, 1.165) is 5.69 Å². The molecular formula is C18H21ClN2O4. The molecule has 0 fully saturated rings. The van der Waals surface area contributed by atoms with Crippen LogP contribution in [0.1, 0.15) is 6.42 Å². The van der Waals surface area contributed by atoms with Gasteiger partial charge in [0.2, 0.25) is 11.7 Å². The molecule has 7 heteroatoms. The molecule has 2 aromatic carbocycles. The molecule has 0 bridgehead atoms. The lowest BCUT2D eigenvalue weighted by molar-refractivity contribution is -0.115. The van der Waals surface area contributed by atoms with E-state index in [4.69, 9.17) is 25.8 Å². The van der Waals surface area contributed by atoms with Crippen molar-refractivity contribution < 1.29 is 19.0 Å². The minimum Gasteiger partial charge on any atom is -0.493 e. The highest BCUT2D eigenvalue weighted by Gasteiger charge is 2.13. The summed E-state index contributed by atoms with van der Waals surface area (Å²) < 4.78 is 15.9. The lowest BCUT2D eigenvalue weighted by Gasteiger charge is -2.15. The van der Waals surface area contributed by atoms with Gasteiger partial charge in [-0.25, -0.2) is 0 Å². The molecule has 0 unspecified atom stereocenters. The molecule has 0 heterocycles. The lowest BCUT2D eigenvalue weighted by atomic mass is 10.2. The van der Waals surface area contributed by atoms with Gasteiger partial charge in [-0.1, -0.05) is 17.7 Å². The van der Waals surface area contributed by atoms with Gasteiger partial charge in [0.1, 0.15) is 0 Å². The number of anilines is 2. The van der Waals surface area contributed by atoms with Crippen LogP contribution in [-0.2, 0) is 4.79 Å². The fourth-order valence-corrected chi connectivity index (χ4v) is 2.48. The summed E-state index contributed by atoms with van der Waals surface area (Å²) in [6, 6.07) is 10.6. The molecule has 1 amide bonds. The molecule has 134 valence electrons. The first-order valence-corrected chi connectivity index (χ1v) is 8.04. The molecule has 0 aliphatic rings. The van der Waals surface area contributed by atoms with E-state index in [-0.39, 0.29) is 5.91 Å². The van der Waals surface area contributed by atoms with E-state index in [1.807, 2.05) is 0 Å². The molecule has 0 aromatic heterocycles. The Balaban J connectivity index is 1.93. The third kappa shape index (κ3) is 5.19. The van der Waals surface area contributed by atoms with E-state index in [0.29, 0.717) is 40.9 Å². The highest BCUT2D eigenvalue weighted by molar-refractivity contribution is 6.30. The number of ether oxygens (including phenoxy) is 3. The van der Waals surface area contributed by atoms with Gasteiger partial charge in [0.05, 0.1) is 21.3 Å². The minimum absolute atomic E-state index is 0.109. The normalized spacial score (nSPS) is 10.1. The molecule has 2 aromatic rings. The van der Waals surface area contributed by atoms with Crippen LogP contribution in [0.5, 0.6) is 17.2 Å². The van der Waals surface area contributed by atoms with Gasteiger partial charge >= 0.3 is 0 Å². The number of hydrogen-bond acceptors (Lipinski definition) is 5. The second kappa shape index (κ2) is 9.03. The number of methoxy groups -OCH3 is 3. The Morgan fingerprint density at radius 1 is 1.00 bits per heavy atom. The summed E-state index contributed by atoms with van der Waals surface area (Å²) in [5, 5.41) is 6.55. The monoisotopic (exact) mass is 364 g/mol. The quantitative estimate of drug-likeness (QED) is 0.745. The van der Waals surface area contributed by atoms with E-state index in [2.05, 4.69) is 10.6 Å². The molecule has 0 radical (unpaired) electrons. The van der Waals surface area contributed by atoms with Crippen LogP contribution in [0.15, 0.2) is 36.4 Å². The summed E-state index contributed by atoms with van der Waals surface area (Å²) >= 11 is 5.90. The molecule has 25 heavy (non-hydrogen) atoms. The van der Waals surface area contributed by atoms with Crippen LogP contribution >= 0.6 is 11.6 Å². The standard InChI is InChI=1S/C18H21ClN2O4/c1-23-15-10-14(11-16(24-2)18(15)25-3)20-8-7-17(22)21-13-6-4-5-12(19)9-13/h4-6,9-11,20H,7-8H2,1-3H3,(H,21,22). The summed E-state index contributed by atoms with van der Waals surface area (Å²) in [6.07, 6.45) is 0.295. The zero-order chi connectivity index (χ0) is 18.2. The maximum atomic E-state index is 12.0. The SMILES string of the molecule is COc1cc(NCCC(=O)Nc2cccc(Cl)c2)cc(OC)c1OC. The van der Waals surface area contributed by atoms with Crippen molar-refractivity contribution in [3.63, 3.8) is 0 Å². The van der Waals surface area contributed by atoms with Crippen LogP contribution in [0.4, 0.5) is 11.4 Å². The minimum atomic E-state index is -0.109. The fraction of sp³-hybridized carbons (Fsp3) is 0.278. The van der Waals surface area contributed by atoms with Gasteiger partial charge < -0.3 is 24.8 Å². The smallest absolute Gasteiger partial charge is 0.226 e. The maximum Gasteiger partial charge on any atom is 0.226 e. The van der Waals surface area contributed by atoms with Gasteiger partial charge in [0.15, 0.2) is 11.5 Å². The van der Waals surface area contributed by atoms with Gasteiger partial charge in [0, 0.05) is 41.5 Å². The van der Waals surface area contributed by atoms with Crippen LogP contribution in [0.3, 0.4) is 0 Å². The van der Waals surface area contributed by atoms with E-state index in [9.17, 15) is 4.79 Å². The topological polar surface area (TPSA) is 68.8 Å². The predicted octanol–water partition coefficient (Wildman–Crippen LogP) is 3.81. The highest BCUT2D eigenvalue weighted by Crippen LogP contribution is 2.39. The number of carbonyl (C=O) groups excluding carboxylic acids is 1. The van der Waals surface area contributed by atoms with Crippen molar-refractivity contribution in [1.29, 1.82) is 0 Å². The van der Waals surface area contributed by atoms with Crippen LogP contribution in [0.2, 0.25) is 5.02 Å². The fourth-order valence-electron chi connectivity index (χ4n) is 2.29. The average Bonchev–Trinajstić information content (AvgIpc) is 2.60. The van der Waals surface area contributed by atoms with Crippen molar-refractivity contribution in [3.05, 3.63) is 41.4 Å². The number of amides is 1. The maximum absolute atomic E-state index is 12.0. The van der Waals surface area contributed by atoms with Gasteiger partial charge in [-0.15, -0.1) is 0 Å². The number of benzene rings is 2. The van der Waals surface area contributed by atoms with Crippen LogP contribution < -0.4 is 24.8 Å². The first-order valence-electron chi connectivity index (χ1n) is 7.66. The third-order valence-corrected chi connectivity index (χ3v) is 3.69. The molecule has 0 aliphatic heterocycles. The summed E-state index contributed by atoms with van der Waals surface area (Å²) in [7, 11) is 4.66. The first-order chi connectivity index (χ1) is 12.1. The van der Waals surface area contributed by atoms with Crippen LogP contribution in [0.25, 0.3) is 0 Å². The molecular weight excluding hydrogens is 344 g/mol.